The second kappa shape index (κ2) is 5.86. The Balaban J connectivity index is 2.11. The van der Waals surface area contributed by atoms with Crippen LogP contribution < -0.4 is 11.1 Å². The molecule has 5 heteroatoms. The molecule has 1 aromatic carbocycles. The van der Waals surface area contributed by atoms with E-state index >= 15 is 0 Å². The second-order valence-electron chi connectivity index (χ2n) is 4.38. The van der Waals surface area contributed by atoms with Crippen molar-refractivity contribution in [3.63, 3.8) is 0 Å². The van der Waals surface area contributed by atoms with E-state index in [2.05, 4.69) is 5.32 Å². The molecule has 0 aliphatic rings. The van der Waals surface area contributed by atoms with E-state index in [9.17, 15) is 4.79 Å². The molecule has 1 aromatic heterocycles. The highest BCUT2D eigenvalue weighted by Crippen LogP contribution is 2.23. The third-order valence-corrected chi connectivity index (χ3v) is 3.02. The summed E-state index contributed by atoms with van der Waals surface area (Å²) in [6.07, 6.45) is -0.633. The molecule has 19 heavy (non-hydrogen) atoms. The Morgan fingerprint density at radius 2 is 2.21 bits per heavy atom. The molecule has 5 nitrogen and oxygen atoms in total. The first kappa shape index (κ1) is 13.6. The number of methoxy groups -OCH3 is 1. The van der Waals surface area contributed by atoms with E-state index in [1.165, 1.54) is 7.11 Å². The fraction of sp³-hybridized carbons (Fsp3) is 0.357. The number of nitrogens with two attached hydrogens (primary N) is 1. The summed E-state index contributed by atoms with van der Waals surface area (Å²) in [6.45, 7) is 2.01. The Morgan fingerprint density at radius 1 is 1.47 bits per heavy atom. The minimum Gasteiger partial charge on any atom is -0.459 e. The first-order valence-electron chi connectivity index (χ1n) is 6.17. The lowest BCUT2D eigenvalue weighted by Gasteiger charge is -2.16. The number of rotatable bonds is 5. The van der Waals surface area contributed by atoms with Crippen molar-refractivity contribution in [2.45, 2.75) is 19.1 Å². The summed E-state index contributed by atoms with van der Waals surface area (Å²) in [5.41, 5.74) is 6.26. The molecular formula is C14H18N2O3. The second-order valence-corrected chi connectivity index (χ2v) is 4.38. The zero-order chi connectivity index (χ0) is 13.8. The molecule has 1 amide bonds. The summed E-state index contributed by atoms with van der Waals surface area (Å²) in [4.78, 5) is 11.8. The van der Waals surface area contributed by atoms with Gasteiger partial charge in [0.25, 0.3) is 5.91 Å². The summed E-state index contributed by atoms with van der Waals surface area (Å²) >= 11 is 0. The number of furan rings is 1. The van der Waals surface area contributed by atoms with Gasteiger partial charge in [0.1, 0.15) is 17.4 Å². The molecule has 0 saturated heterocycles. The average Bonchev–Trinajstić information content (AvgIpc) is 2.84. The van der Waals surface area contributed by atoms with Crippen LogP contribution in [0.5, 0.6) is 0 Å². The number of amides is 1. The molecule has 102 valence electrons. The predicted octanol–water partition coefficient (Wildman–Crippen LogP) is 1.58. The van der Waals surface area contributed by atoms with Crippen molar-refractivity contribution in [1.82, 2.24) is 5.32 Å². The van der Waals surface area contributed by atoms with Crippen molar-refractivity contribution in [1.29, 1.82) is 0 Å². The van der Waals surface area contributed by atoms with E-state index in [4.69, 9.17) is 14.9 Å². The lowest BCUT2D eigenvalue weighted by atomic mass is 10.2. The smallest absolute Gasteiger partial charge is 0.251 e. The van der Waals surface area contributed by atoms with Crippen LogP contribution in [0.1, 0.15) is 18.7 Å². The highest BCUT2D eigenvalue weighted by molar-refractivity contribution is 5.82. The fourth-order valence-corrected chi connectivity index (χ4v) is 1.90. The van der Waals surface area contributed by atoms with Crippen molar-refractivity contribution in [2.75, 3.05) is 13.7 Å². The van der Waals surface area contributed by atoms with Gasteiger partial charge in [0, 0.05) is 19.0 Å². The minimum atomic E-state index is -0.633. The quantitative estimate of drug-likeness (QED) is 0.857. The third kappa shape index (κ3) is 2.94. The summed E-state index contributed by atoms with van der Waals surface area (Å²) in [7, 11) is 1.46. The Bertz CT molecular complexity index is 528. The SMILES string of the molecule is COC(CN)C(=O)NC(C)c1cc2ccccc2o1. The minimum absolute atomic E-state index is 0.148. The molecule has 0 fully saturated rings. The Kier molecular flexibility index (Phi) is 4.19. The van der Waals surface area contributed by atoms with Crippen LogP contribution in [-0.4, -0.2) is 25.7 Å². The molecule has 0 aliphatic heterocycles. The standard InChI is InChI=1S/C14H18N2O3/c1-9(16-14(17)13(8-15)18-2)12-7-10-5-3-4-6-11(10)19-12/h3-7,9,13H,8,15H2,1-2H3,(H,16,17). The average molecular weight is 262 g/mol. The molecule has 2 rings (SSSR count). The van der Waals surface area contributed by atoms with E-state index in [1.807, 2.05) is 37.3 Å². The maximum absolute atomic E-state index is 11.8. The van der Waals surface area contributed by atoms with E-state index < -0.39 is 6.10 Å². The zero-order valence-electron chi connectivity index (χ0n) is 11.1. The van der Waals surface area contributed by atoms with Crippen LogP contribution in [0.25, 0.3) is 11.0 Å². The maximum Gasteiger partial charge on any atom is 0.251 e. The number of benzene rings is 1. The summed E-state index contributed by atoms with van der Waals surface area (Å²) in [6, 6.07) is 9.41. The Labute approximate surface area is 111 Å². The number of nitrogens with one attached hydrogen (secondary N) is 1. The fourth-order valence-electron chi connectivity index (χ4n) is 1.90. The Morgan fingerprint density at radius 3 is 2.84 bits per heavy atom. The lowest BCUT2D eigenvalue weighted by molar-refractivity contribution is -0.131. The van der Waals surface area contributed by atoms with Gasteiger partial charge in [0.2, 0.25) is 0 Å². The molecule has 1 heterocycles. The molecule has 2 aromatic rings. The molecule has 2 unspecified atom stereocenters. The maximum atomic E-state index is 11.8. The topological polar surface area (TPSA) is 77.5 Å². The number of para-hydroxylation sites is 1. The van der Waals surface area contributed by atoms with Crippen molar-refractivity contribution in [3.8, 4) is 0 Å². The van der Waals surface area contributed by atoms with Crippen LogP contribution in [0.4, 0.5) is 0 Å². The predicted molar refractivity (Wildman–Crippen MR) is 72.6 cm³/mol. The van der Waals surface area contributed by atoms with Gasteiger partial charge in [-0.05, 0) is 19.1 Å². The number of carbonyl (C=O) groups excluding carboxylic acids is 1. The van der Waals surface area contributed by atoms with E-state index in [1.54, 1.807) is 0 Å². The number of ether oxygens (including phenoxy) is 1. The van der Waals surface area contributed by atoms with Gasteiger partial charge < -0.3 is 20.2 Å². The molecule has 0 saturated carbocycles. The lowest BCUT2D eigenvalue weighted by Crippen LogP contribution is -2.41. The van der Waals surface area contributed by atoms with Crippen molar-refractivity contribution < 1.29 is 13.9 Å². The highest BCUT2D eigenvalue weighted by atomic mass is 16.5. The first-order valence-corrected chi connectivity index (χ1v) is 6.17. The highest BCUT2D eigenvalue weighted by Gasteiger charge is 2.20. The zero-order valence-corrected chi connectivity index (χ0v) is 11.1. The number of hydrogen-bond acceptors (Lipinski definition) is 4. The van der Waals surface area contributed by atoms with Crippen molar-refractivity contribution in [3.05, 3.63) is 36.1 Å². The van der Waals surface area contributed by atoms with E-state index in [-0.39, 0.29) is 18.5 Å². The molecule has 0 spiro atoms. The molecule has 0 aliphatic carbocycles. The van der Waals surface area contributed by atoms with Crippen LogP contribution >= 0.6 is 0 Å². The number of hydrogen-bond donors (Lipinski definition) is 2. The van der Waals surface area contributed by atoms with Gasteiger partial charge in [0.05, 0.1) is 6.04 Å². The summed E-state index contributed by atoms with van der Waals surface area (Å²) < 4.78 is 10.7. The third-order valence-electron chi connectivity index (χ3n) is 3.02. The summed E-state index contributed by atoms with van der Waals surface area (Å²) in [5, 5.41) is 3.84. The monoisotopic (exact) mass is 262 g/mol. The van der Waals surface area contributed by atoms with Gasteiger partial charge in [0.15, 0.2) is 0 Å². The normalized spacial score (nSPS) is 14.3. The van der Waals surface area contributed by atoms with Crippen LogP contribution in [0.3, 0.4) is 0 Å². The summed E-state index contributed by atoms with van der Waals surface area (Å²) in [5.74, 6) is 0.472. The van der Waals surface area contributed by atoms with Crippen molar-refractivity contribution >= 4 is 16.9 Å². The molecule has 3 N–H and O–H groups in total. The van der Waals surface area contributed by atoms with Gasteiger partial charge in [-0.2, -0.15) is 0 Å². The first-order chi connectivity index (χ1) is 9.15. The van der Waals surface area contributed by atoms with Gasteiger partial charge in [-0.25, -0.2) is 0 Å². The van der Waals surface area contributed by atoms with Crippen molar-refractivity contribution in [2.24, 2.45) is 5.73 Å². The van der Waals surface area contributed by atoms with Gasteiger partial charge in [-0.3, -0.25) is 4.79 Å². The molecule has 2 atom stereocenters. The van der Waals surface area contributed by atoms with Gasteiger partial charge in [-0.1, -0.05) is 18.2 Å². The van der Waals surface area contributed by atoms with Crippen LogP contribution in [0, 0.1) is 0 Å². The van der Waals surface area contributed by atoms with Gasteiger partial charge >= 0.3 is 0 Å². The molecule has 0 radical (unpaired) electrons. The van der Waals surface area contributed by atoms with E-state index in [0.717, 1.165) is 11.0 Å². The number of carbonyl (C=O) groups is 1. The van der Waals surface area contributed by atoms with Gasteiger partial charge in [-0.15, -0.1) is 0 Å². The van der Waals surface area contributed by atoms with E-state index in [0.29, 0.717) is 5.76 Å². The van der Waals surface area contributed by atoms with Crippen LogP contribution in [-0.2, 0) is 9.53 Å². The molecular weight excluding hydrogens is 244 g/mol. The Hall–Kier alpha value is -1.85. The van der Waals surface area contributed by atoms with Crippen LogP contribution in [0.2, 0.25) is 0 Å². The largest absolute Gasteiger partial charge is 0.459 e. The van der Waals surface area contributed by atoms with Crippen LogP contribution in [0.15, 0.2) is 34.7 Å². The molecule has 0 bridgehead atoms. The number of fused-ring (bicyclic) bond motifs is 1.